The van der Waals surface area contributed by atoms with Crippen molar-refractivity contribution in [3.8, 4) is 11.5 Å². The number of amides is 1. The third kappa shape index (κ3) is 4.29. The van der Waals surface area contributed by atoms with Crippen LogP contribution in [0.5, 0.6) is 11.5 Å². The lowest BCUT2D eigenvalue weighted by Gasteiger charge is -2.27. The largest absolute Gasteiger partial charge is 0.496 e. The van der Waals surface area contributed by atoms with Crippen molar-refractivity contribution < 1.29 is 28.5 Å². The summed E-state index contributed by atoms with van der Waals surface area (Å²) >= 11 is 0. The second-order valence-electron chi connectivity index (χ2n) is 6.77. The fourth-order valence-corrected chi connectivity index (χ4v) is 3.59. The van der Waals surface area contributed by atoms with Crippen LogP contribution in [0.1, 0.15) is 23.6 Å². The number of methoxy groups -OCH3 is 2. The van der Waals surface area contributed by atoms with Crippen LogP contribution in [0, 0.1) is 0 Å². The van der Waals surface area contributed by atoms with Crippen molar-refractivity contribution in [2.24, 2.45) is 0 Å². The Bertz CT molecular complexity index is 847. The molecule has 0 saturated carbocycles. The summed E-state index contributed by atoms with van der Waals surface area (Å²) in [6, 6.07) is 12.9. The third-order valence-corrected chi connectivity index (χ3v) is 4.96. The van der Waals surface area contributed by atoms with E-state index in [4.69, 9.17) is 18.9 Å². The molecule has 0 bridgehead atoms. The molecule has 1 aliphatic rings. The van der Waals surface area contributed by atoms with Crippen LogP contribution < -0.4 is 14.8 Å². The van der Waals surface area contributed by atoms with Crippen molar-refractivity contribution in [2.75, 3.05) is 20.8 Å². The monoisotopic (exact) mass is 399 g/mol. The number of esters is 1. The SMILES string of the molecule is CCOC(=O)C1(NC(=O)OCc2ccccc2)Cc2c(OC)ccc(OC)c2C1. The van der Waals surface area contributed by atoms with E-state index in [0.717, 1.165) is 16.7 Å². The lowest BCUT2D eigenvalue weighted by Crippen LogP contribution is -2.56. The first kappa shape index (κ1) is 20.5. The molecule has 0 heterocycles. The number of rotatable bonds is 7. The number of hydrogen-bond acceptors (Lipinski definition) is 6. The second kappa shape index (κ2) is 8.86. The van der Waals surface area contributed by atoms with Crippen LogP contribution in [0.4, 0.5) is 4.79 Å². The molecule has 1 aliphatic carbocycles. The van der Waals surface area contributed by atoms with Gasteiger partial charge in [-0.1, -0.05) is 30.3 Å². The third-order valence-electron chi connectivity index (χ3n) is 4.96. The van der Waals surface area contributed by atoms with E-state index < -0.39 is 17.6 Å². The van der Waals surface area contributed by atoms with Crippen LogP contribution in [-0.2, 0) is 33.7 Å². The van der Waals surface area contributed by atoms with E-state index in [1.165, 1.54) is 0 Å². The van der Waals surface area contributed by atoms with Gasteiger partial charge in [0.05, 0.1) is 20.8 Å². The Morgan fingerprint density at radius 3 is 2.03 bits per heavy atom. The number of benzene rings is 2. The summed E-state index contributed by atoms with van der Waals surface area (Å²) in [6.07, 6.45) is -0.239. The maximum Gasteiger partial charge on any atom is 0.408 e. The van der Waals surface area contributed by atoms with Gasteiger partial charge in [0.25, 0.3) is 0 Å². The molecule has 1 amide bonds. The smallest absolute Gasteiger partial charge is 0.408 e. The quantitative estimate of drug-likeness (QED) is 0.721. The summed E-state index contributed by atoms with van der Waals surface area (Å²) in [7, 11) is 3.13. The van der Waals surface area contributed by atoms with Crippen LogP contribution in [0.3, 0.4) is 0 Å². The topological polar surface area (TPSA) is 83.1 Å². The molecule has 2 aromatic carbocycles. The van der Waals surface area contributed by atoms with Gasteiger partial charge in [-0.05, 0) is 24.6 Å². The highest BCUT2D eigenvalue weighted by molar-refractivity contribution is 5.88. The Morgan fingerprint density at radius 1 is 0.931 bits per heavy atom. The van der Waals surface area contributed by atoms with Crippen LogP contribution in [-0.4, -0.2) is 38.4 Å². The number of alkyl carbamates (subject to hydrolysis) is 1. The molecule has 0 unspecified atom stereocenters. The molecule has 3 rings (SSSR count). The molecular weight excluding hydrogens is 374 g/mol. The van der Waals surface area contributed by atoms with E-state index in [1.807, 2.05) is 30.3 Å². The molecule has 0 spiro atoms. The molecule has 7 nitrogen and oxygen atoms in total. The zero-order valence-corrected chi connectivity index (χ0v) is 16.8. The average Bonchev–Trinajstić information content (AvgIpc) is 3.13. The molecule has 0 aromatic heterocycles. The highest BCUT2D eigenvalue weighted by atomic mass is 16.6. The summed E-state index contributed by atoms with van der Waals surface area (Å²) in [5.74, 6) is 0.745. The van der Waals surface area contributed by atoms with Crippen molar-refractivity contribution in [1.29, 1.82) is 0 Å². The highest BCUT2D eigenvalue weighted by Crippen LogP contribution is 2.42. The minimum atomic E-state index is -1.28. The first-order valence-electron chi connectivity index (χ1n) is 9.41. The first-order valence-corrected chi connectivity index (χ1v) is 9.41. The van der Waals surface area contributed by atoms with Crippen LogP contribution in [0.15, 0.2) is 42.5 Å². The molecule has 1 N–H and O–H groups in total. The standard InChI is InChI=1S/C22H25NO6/c1-4-28-20(24)22(23-21(25)29-14-15-8-6-5-7-9-15)12-16-17(13-22)19(27-3)11-10-18(16)26-2/h5-11H,4,12-14H2,1-3H3,(H,23,25). The molecule has 0 fully saturated rings. The van der Waals surface area contributed by atoms with Gasteiger partial charge in [-0.2, -0.15) is 0 Å². The maximum absolute atomic E-state index is 12.9. The van der Waals surface area contributed by atoms with Gasteiger partial charge in [0.2, 0.25) is 0 Å². The van der Waals surface area contributed by atoms with E-state index in [0.29, 0.717) is 11.5 Å². The summed E-state index contributed by atoms with van der Waals surface area (Å²) in [5.41, 5.74) is 1.19. The minimum absolute atomic E-state index is 0.102. The fraction of sp³-hybridized carbons (Fsp3) is 0.364. The molecule has 154 valence electrons. The zero-order valence-electron chi connectivity index (χ0n) is 16.8. The Labute approximate surface area is 169 Å². The van der Waals surface area contributed by atoms with Crippen LogP contribution >= 0.6 is 0 Å². The van der Waals surface area contributed by atoms with Gasteiger partial charge in [-0.15, -0.1) is 0 Å². The summed E-state index contributed by atoms with van der Waals surface area (Å²) in [4.78, 5) is 25.4. The number of carbonyl (C=O) groups excluding carboxylic acids is 2. The van der Waals surface area contributed by atoms with E-state index in [9.17, 15) is 9.59 Å². The van der Waals surface area contributed by atoms with Crippen molar-refractivity contribution >= 4 is 12.1 Å². The minimum Gasteiger partial charge on any atom is -0.496 e. The average molecular weight is 399 g/mol. The molecular formula is C22H25NO6. The number of ether oxygens (including phenoxy) is 4. The van der Waals surface area contributed by atoms with Gasteiger partial charge in [-0.25, -0.2) is 9.59 Å². The first-order chi connectivity index (χ1) is 14.0. The normalized spacial score (nSPS) is 13.9. The predicted octanol–water partition coefficient (Wildman–Crippen LogP) is 3.03. The molecule has 7 heteroatoms. The predicted molar refractivity (Wildman–Crippen MR) is 106 cm³/mol. The Morgan fingerprint density at radius 2 is 1.52 bits per heavy atom. The summed E-state index contributed by atoms with van der Waals surface area (Å²) < 4.78 is 21.5. The number of carbonyl (C=O) groups is 2. The van der Waals surface area contributed by atoms with Crippen LogP contribution in [0.2, 0.25) is 0 Å². The van der Waals surface area contributed by atoms with Crippen molar-refractivity contribution in [3.05, 3.63) is 59.2 Å². The Kier molecular flexibility index (Phi) is 6.26. The number of fused-ring (bicyclic) bond motifs is 1. The lowest BCUT2D eigenvalue weighted by atomic mass is 9.96. The fourth-order valence-electron chi connectivity index (χ4n) is 3.59. The molecule has 0 atom stereocenters. The van der Waals surface area contributed by atoms with Gasteiger partial charge in [0.15, 0.2) is 0 Å². The summed E-state index contributed by atoms with van der Waals surface area (Å²) in [6.45, 7) is 2.03. The van der Waals surface area contributed by atoms with E-state index >= 15 is 0 Å². The van der Waals surface area contributed by atoms with Gasteiger partial charge in [-0.3, -0.25) is 0 Å². The van der Waals surface area contributed by atoms with Gasteiger partial charge in [0, 0.05) is 24.0 Å². The molecule has 0 saturated heterocycles. The van der Waals surface area contributed by atoms with Gasteiger partial charge >= 0.3 is 12.1 Å². The Balaban J connectivity index is 1.84. The molecule has 0 aliphatic heterocycles. The zero-order chi connectivity index (χ0) is 20.9. The second-order valence-corrected chi connectivity index (χ2v) is 6.77. The molecule has 0 radical (unpaired) electrons. The van der Waals surface area contributed by atoms with Crippen LogP contribution in [0.25, 0.3) is 0 Å². The number of nitrogens with one attached hydrogen (secondary N) is 1. The van der Waals surface area contributed by atoms with Gasteiger partial charge < -0.3 is 24.3 Å². The summed E-state index contributed by atoms with van der Waals surface area (Å²) in [5, 5.41) is 2.75. The Hall–Kier alpha value is -3.22. The molecule has 29 heavy (non-hydrogen) atoms. The van der Waals surface area contributed by atoms with Crippen molar-refractivity contribution in [1.82, 2.24) is 5.32 Å². The number of hydrogen-bond donors (Lipinski definition) is 1. The molecule has 2 aromatic rings. The lowest BCUT2D eigenvalue weighted by molar-refractivity contribution is -0.150. The van der Waals surface area contributed by atoms with E-state index in [1.54, 1.807) is 33.3 Å². The van der Waals surface area contributed by atoms with Crippen molar-refractivity contribution in [3.63, 3.8) is 0 Å². The van der Waals surface area contributed by atoms with Crippen molar-refractivity contribution in [2.45, 2.75) is 31.9 Å². The van der Waals surface area contributed by atoms with E-state index in [2.05, 4.69) is 5.32 Å². The maximum atomic E-state index is 12.9. The van der Waals surface area contributed by atoms with E-state index in [-0.39, 0.29) is 26.1 Å². The van der Waals surface area contributed by atoms with Gasteiger partial charge in [0.1, 0.15) is 23.6 Å². The highest BCUT2D eigenvalue weighted by Gasteiger charge is 2.49.